The minimum atomic E-state index is -0.270. The van der Waals surface area contributed by atoms with E-state index in [0.717, 1.165) is 18.9 Å². The lowest BCUT2D eigenvalue weighted by Crippen LogP contribution is -2.31. The number of likely N-dealkylation sites (tertiary alicyclic amines) is 1. The summed E-state index contributed by atoms with van der Waals surface area (Å²) in [7, 11) is 0. The molecular formula is C19H28N4O2. The highest BCUT2D eigenvalue weighted by Crippen LogP contribution is 2.22. The van der Waals surface area contributed by atoms with Gasteiger partial charge in [0.05, 0.1) is 17.8 Å². The van der Waals surface area contributed by atoms with E-state index in [1.54, 1.807) is 11.1 Å². The molecule has 2 saturated heterocycles. The Morgan fingerprint density at radius 1 is 1.28 bits per heavy atom. The molecule has 136 valence electrons. The maximum atomic E-state index is 12.5. The van der Waals surface area contributed by atoms with E-state index in [1.165, 1.54) is 19.3 Å². The Hall–Kier alpha value is -2.11. The van der Waals surface area contributed by atoms with Crippen LogP contribution in [0.1, 0.15) is 39.5 Å². The van der Waals surface area contributed by atoms with Crippen LogP contribution >= 0.6 is 0 Å². The Morgan fingerprint density at radius 2 is 2.04 bits per heavy atom. The van der Waals surface area contributed by atoms with E-state index in [1.807, 2.05) is 12.1 Å². The van der Waals surface area contributed by atoms with E-state index >= 15 is 0 Å². The topological polar surface area (TPSA) is 65.5 Å². The van der Waals surface area contributed by atoms with E-state index in [4.69, 9.17) is 0 Å². The smallest absolute Gasteiger partial charge is 0.229 e. The number of nitrogens with one attached hydrogen (secondary N) is 1. The summed E-state index contributed by atoms with van der Waals surface area (Å²) < 4.78 is 0. The maximum absolute atomic E-state index is 12.5. The summed E-state index contributed by atoms with van der Waals surface area (Å²) in [5.41, 5.74) is 0.695. The number of hydrogen-bond acceptors (Lipinski definition) is 4. The Kier molecular flexibility index (Phi) is 5.56. The Labute approximate surface area is 149 Å². The minimum absolute atomic E-state index is 0.0763. The van der Waals surface area contributed by atoms with Gasteiger partial charge >= 0.3 is 0 Å². The van der Waals surface area contributed by atoms with Crippen molar-refractivity contribution in [1.29, 1.82) is 0 Å². The van der Waals surface area contributed by atoms with Crippen molar-refractivity contribution < 1.29 is 9.59 Å². The zero-order valence-corrected chi connectivity index (χ0v) is 15.2. The van der Waals surface area contributed by atoms with E-state index in [9.17, 15) is 9.59 Å². The van der Waals surface area contributed by atoms with Crippen LogP contribution in [0.3, 0.4) is 0 Å². The molecule has 1 aromatic heterocycles. The van der Waals surface area contributed by atoms with Gasteiger partial charge in [-0.25, -0.2) is 4.98 Å². The zero-order valence-electron chi connectivity index (χ0n) is 15.2. The van der Waals surface area contributed by atoms with Crippen molar-refractivity contribution in [2.45, 2.75) is 39.5 Å². The van der Waals surface area contributed by atoms with Crippen LogP contribution in [0.5, 0.6) is 0 Å². The third-order valence-corrected chi connectivity index (χ3v) is 4.87. The summed E-state index contributed by atoms with van der Waals surface area (Å²) in [6.07, 6.45) is 5.73. The first-order chi connectivity index (χ1) is 12.0. The molecule has 0 radical (unpaired) electrons. The first-order valence-corrected chi connectivity index (χ1v) is 9.32. The van der Waals surface area contributed by atoms with Gasteiger partial charge in [-0.2, -0.15) is 0 Å². The van der Waals surface area contributed by atoms with Crippen LogP contribution in [-0.4, -0.2) is 47.9 Å². The van der Waals surface area contributed by atoms with E-state index in [2.05, 4.69) is 29.0 Å². The Bertz CT molecular complexity index is 608. The van der Waals surface area contributed by atoms with Gasteiger partial charge in [0.15, 0.2) is 0 Å². The molecule has 0 aliphatic carbocycles. The Balaban J connectivity index is 1.55. The SMILES string of the molecule is CC(C)CN1C[C@H](C(=O)Nc2ccc(N3CCCCC3)nc2)CC1=O. The highest BCUT2D eigenvalue weighted by Gasteiger charge is 2.34. The Morgan fingerprint density at radius 3 is 2.68 bits per heavy atom. The second-order valence-electron chi connectivity index (χ2n) is 7.54. The lowest BCUT2D eigenvalue weighted by atomic mass is 10.1. The molecule has 0 aromatic carbocycles. The van der Waals surface area contributed by atoms with Crippen molar-refractivity contribution in [3.05, 3.63) is 18.3 Å². The molecule has 1 aromatic rings. The summed E-state index contributed by atoms with van der Waals surface area (Å²) in [5, 5.41) is 2.91. The molecule has 3 rings (SSSR count). The van der Waals surface area contributed by atoms with E-state index < -0.39 is 0 Å². The molecule has 2 amide bonds. The number of amides is 2. The first kappa shape index (κ1) is 17.7. The largest absolute Gasteiger partial charge is 0.357 e. The molecule has 25 heavy (non-hydrogen) atoms. The molecule has 2 fully saturated rings. The molecule has 0 saturated carbocycles. The van der Waals surface area contributed by atoms with Crippen molar-refractivity contribution in [3.63, 3.8) is 0 Å². The third kappa shape index (κ3) is 4.50. The fourth-order valence-corrected chi connectivity index (χ4v) is 3.58. The van der Waals surface area contributed by atoms with Gasteiger partial charge in [0, 0.05) is 32.6 Å². The fraction of sp³-hybridized carbons (Fsp3) is 0.632. The molecule has 0 spiro atoms. The summed E-state index contributed by atoms with van der Waals surface area (Å²) >= 11 is 0. The number of rotatable bonds is 5. The summed E-state index contributed by atoms with van der Waals surface area (Å²) in [6.45, 7) is 7.49. The predicted molar refractivity (Wildman–Crippen MR) is 98.5 cm³/mol. The van der Waals surface area contributed by atoms with Crippen LogP contribution < -0.4 is 10.2 Å². The average molecular weight is 344 g/mol. The van der Waals surface area contributed by atoms with Gasteiger partial charge in [0.25, 0.3) is 0 Å². The van der Waals surface area contributed by atoms with Crippen LogP contribution in [0.15, 0.2) is 18.3 Å². The number of pyridine rings is 1. The highest BCUT2D eigenvalue weighted by atomic mass is 16.2. The van der Waals surface area contributed by atoms with Gasteiger partial charge in [-0.05, 0) is 37.3 Å². The molecular weight excluding hydrogens is 316 g/mol. The zero-order chi connectivity index (χ0) is 17.8. The van der Waals surface area contributed by atoms with Crippen LogP contribution in [0, 0.1) is 11.8 Å². The van der Waals surface area contributed by atoms with Crippen molar-refractivity contribution in [3.8, 4) is 0 Å². The molecule has 1 atom stereocenters. The van der Waals surface area contributed by atoms with Crippen LogP contribution in [-0.2, 0) is 9.59 Å². The van der Waals surface area contributed by atoms with Gasteiger partial charge in [0.1, 0.15) is 5.82 Å². The molecule has 6 heteroatoms. The van der Waals surface area contributed by atoms with Gasteiger partial charge in [-0.1, -0.05) is 13.8 Å². The fourth-order valence-electron chi connectivity index (χ4n) is 3.58. The third-order valence-electron chi connectivity index (χ3n) is 4.87. The molecule has 0 bridgehead atoms. The van der Waals surface area contributed by atoms with Crippen molar-refractivity contribution in [2.75, 3.05) is 36.4 Å². The quantitative estimate of drug-likeness (QED) is 0.891. The second kappa shape index (κ2) is 7.85. The lowest BCUT2D eigenvalue weighted by Gasteiger charge is -2.27. The van der Waals surface area contributed by atoms with Crippen molar-refractivity contribution in [2.24, 2.45) is 11.8 Å². The molecule has 6 nitrogen and oxygen atoms in total. The lowest BCUT2D eigenvalue weighted by molar-refractivity contribution is -0.128. The van der Waals surface area contributed by atoms with Gasteiger partial charge in [-0.15, -0.1) is 0 Å². The van der Waals surface area contributed by atoms with Crippen LogP contribution in [0.2, 0.25) is 0 Å². The number of hydrogen-bond donors (Lipinski definition) is 1. The molecule has 3 heterocycles. The monoisotopic (exact) mass is 344 g/mol. The standard InChI is InChI=1S/C19H28N4O2/c1-14(2)12-23-13-15(10-18(23)24)19(25)21-16-6-7-17(20-11-16)22-8-4-3-5-9-22/h6-7,11,14-15H,3-5,8-10,12-13H2,1-2H3,(H,21,25)/t15-/m1/s1. The van der Waals surface area contributed by atoms with Gasteiger partial charge < -0.3 is 15.1 Å². The number of anilines is 2. The summed E-state index contributed by atoms with van der Waals surface area (Å²) in [5.74, 6) is 1.10. The molecule has 2 aliphatic rings. The number of carbonyl (C=O) groups is 2. The molecule has 1 N–H and O–H groups in total. The predicted octanol–water partition coefficient (Wildman–Crippen LogP) is 2.51. The van der Waals surface area contributed by atoms with Gasteiger partial charge in [0.2, 0.25) is 11.8 Å². The minimum Gasteiger partial charge on any atom is -0.357 e. The highest BCUT2D eigenvalue weighted by molar-refractivity contribution is 5.97. The van der Waals surface area contributed by atoms with Crippen LogP contribution in [0.25, 0.3) is 0 Å². The maximum Gasteiger partial charge on any atom is 0.229 e. The van der Waals surface area contributed by atoms with Crippen LogP contribution in [0.4, 0.5) is 11.5 Å². The average Bonchev–Trinajstić information content (AvgIpc) is 2.96. The van der Waals surface area contributed by atoms with Crippen molar-refractivity contribution in [1.82, 2.24) is 9.88 Å². The van der Waals surface area contributed by atoms with Gasteiger partial charge in [-0.3, -0.25) is 9.59 Å². The summed E-state index contributed by atoms with van der Waals surface area (Å²) in [4.78, 5) is 33.0. The summed E-state index contributed by atoms with van der Waals surface area (Å²) in [6, 6.07) is 3.86. The number of carbonyl (C=O) groups excluding carboxylic acids is 2. The number of aromatic nitrogens is 1. The van der Waals surface area contributed by atoms with Crippen molar-refractivity contribution >= 4 is 23.3 Å². The van der Waals surface area contributed by atoms with E-state index in [-0.39, 0.29) is 17.7 Å². The first-order valence-electron chi connectivity index (χ1n) is 9.32. The normalized spacial score (nSPS) is 21.1. The van der Waals surface area contributed by atoms with E-state index in [0.29, 0.717) is 31.1 Å². The molecule has 2 aliphatic heterocycles. The molecule has 0 unspecified atom stereocenters. The number of piperidine rings is 1. The number of nitrogens with zero attached hydrogens (tertiary/aromatic N) is 3. The second-order valence-corrected chi connectivity index (χ2v) is 7.54.